The standard InChI is InChI=1S/C20H17FN2O3/c1-2-11-23-16-10-6-4-8-14(16)18(24)17(20(23)26)19(25)22-12-13-7-3-5-9-15(13)21/h2-10,24H,1,11-12H2,(H,22,25). The fourth-order valence-electron chi connectivity index (χ4n) is 2.81. The molecule has 0 aliphatic rings. The number of benzene rings is 2. The van der Waals surface area contributed by atoms with Crippen molar-refractivity contribution in [2.45, 2.75) is 13.1 Å². The maximum atomic E-state index is 13.7. The number of carbonyl (C=O) groups is 1. The number of rotatable bonds is 5. The molecule has 5 nitrogen and oxygen atoms in total. The van der Waals surface area contributed by atoms with Gasteiger partial charge in [0.15, 0.2) is 0 Å². The van der Waals surface area contributed by atoms with Crippen LogP contribution in [-0.4, -0.2) is 15.6 Å². The minimum Gasteiger partial charge on any atom is -0.506 e. The predicted octanol–water partition coefficient (Wildman–Crippen LogP) is 2.96. The maximum absolute atomic E-state index is 13.7. The van der Waals surface area contributed by atoms with Gasteiger partial charge in [-0.3, -0.25) is 9.59 Å². The lowest BCUT2D eigenvalue weighted by atomic mass is 10.1. The number of pyridine rings is 1. The molecule has 2 aromatic carbocycles. The van der Waals surface area contributed by atoms with Crippen molar-refractivity contribution in [3.63, 3.8) is 0 Å². The highest BCUT2D eigenvalue weighted by molar-refractivity contribution is 6.02. The Bertz CT molecular complexity index is 1060. The molecular weight excluding hydrogens is 335 g/mol. The van der Waals surface area contributed by atoms with Gasteiger partial charge < -0.3 is 15.0 Å². The summed E-state index contributed by atoms with van der Waals surface area (Å²) in [5, 5.41) is 13.3. The quantitative estimate of drug-likeness (QED) is 0.694. The average Bonchev–Trinajstić information content (AvgIpc) is 2.64. The highest BCUT2D eigenvalue weighted by Gasteiger charge is 2.21. The summed E-state index contributed by atoms with van der Waals surface area (Å²) < 4.78 is 15.1. The van der Waals surface area contributed by atoms with E-state index in [0.717, 1.165) is 0 Å². The smallest absolute Gasteiger partial charge is 0.268 e. The summed E-state index contributed by atoms with van der Waals surface area (Å²) in [4.78, 5) is 25.3. The van der Waals surface area contributed by atoms with Crippen LogP contribution in [0.15, 0.2) is 66.0 Å². The summed E-state index contributed by atoms with van der Waals surface area (Å²) in [6.07, 6.45) is 1.53. The zero-order valence-corrected chi connectivity index (χ0v) is 13.9. The van der Waals surface area contributed by atoms with Crippen LogP contribution in [0.25, 0.3) is 10.9 Å². The summed E-state index contributed by atoms with van der Waals surface area (Å²) in [5.74, 6) is -1.61. The lowest BCUT2D eigenvalue weighted by molar-refractivity contribution is 0.0946. The van der Waals surface area contributed by atoms with Gasteiger partial charge in [-0.25, -0.2) is 4.39 Å². The molecule has 1 aromatic heterocycles. The van der Waals surface area contributed by atoms with E-state index in [2.05, 4.69) is 11.9 Å². The Labute approximate surface area is 149 Å². The second-order valence-electron chi connectivity index (χ2n) is 5.72. The van der Waals surface area contributed by atoms with Gasteiger partial charge in [0.2, 0.25) is 0 Å². The highest BCUT2D eigenvalue weighted by atomic mass is 19.1. The number of carbonyl (C=O) groups excluding carboxylic acids is 1. The number of fused-ring (bicyclic) bond motifs is 1. The first-order valence-electron chi connectivity index (χ1n) is 8.01. The molecular formula is C20H17FN2O3. The second kappa shape index (κ2) is 7.23. The SMILES string of the molecule is C=CCn1c(=O)c(C(=O)NCc2ccccc2F)c(O)c2ccccc21. The van der Waals surface area contributed by atoms with Gasteiger partial charge in [0, 0.05) is 24.0 Å². The average molecular weight is 352 g/mol. The van der Waals surface area contributed by atoms with Gasteiger partial charge in [0.25, 0.3) is 11.5 Å². The summed E-state index contributed by atoms with van der Waals surface area (Å²) in [7, 11) is 0. The zero-order chi connectivity index (χ0) is 18.7. The molecule has 0 fully saturated rings. The van der Waals surface area contributed by atoms with Gasteiger partial charge in [0.05, 0.1) is 5.52 Å². The third-order valence-electron chi connectivity index (χ3n) is 4.08. The minimum atomic E-state index is -0.765. The highest BCUT2D eigenvalue weighted by Crippen LogP contribution is 2.26. The molecule has 26 heavy (non-hydrogen) atoms. The molecule has 3 aromatic rings. The Morgan fingerprint density at radius 3 is 2.62 bits per heavy atom. The van der Waals surface area contributed by atoms with E-state index in [9.17, 15) is 19.1 Å². The molecule has 0 saturated heterocycles. The Hall–Kier alpha value is -3.41. The largest absolute Gasteiger partial charge is 0.506 e. The van der Waals surface area contributed by atoms with Gasteiger partial charge in [-0.05, 0) is 18.2 Å². The monoisotopic (exact) mass is 352 g/mol. The van der Waals surface area contributed by atoms with Crippen LogP contribution < -0.4 is 10.9 Å². The molecule has 2 N–H and O–H groups in total. The first-order valence-corrected chi connectivity index (χ1v) is 8.01. The summed E-state index contributed by atoms with van der Waals surface area (Å²) in [6.45, 7) is 3.71. The maximum Gasteiger partial charge on any atom is 0.268 e. The van der Waals surface area contributed by atoms with Crippen molar-refractivity contribution in [1.29, 1.82) is 0 Å². The summed E-state index contributed by atoms with van der Waals surface area (Å²) in [6, 6.07) is 12.7. The van der Waals surface area contributed by atoms with Crippen LogP contribution in [0.1, 0.15) is 15.9 Å². The number of hydrogen-bond acceptors (Lipinski definition) is 3. The predicted molar refractivity (Wildman–Crippen MR) is 97.6 cm³/mol. The van der Waals surface area contributed by atoms with E-state index in [4.69, 9.17) is 0 Å². The number of nitrogens with one attached hydrogen (secondary N) is 1. The van der Waals surface area contributed by atoms with E-state index < -0.39 is 23.0 Å². The molecule has 3 rings (SSSR count). The summed E-state index contributed by atoms with van der Waals surface area (Å²) >= 11 is 0. The van der Waals surface area contributed by atoms with E-state index in [0.29, 0.717) is 10.9 Å². The van der Waals surface area contributed by atoms with E-state index >= 15 is 0 Å². The number of allylic oxidation sites excluding steroid dienone is 1. The van der Waals surface area contributed by atoms with Gasteiger partial charge in [-0.2, -0.15) is 0 Å². The molecule has 0 bridgehead atoms. The van der Waals surface area contributed by atoms with Crippen LogP contribution in [-0.2, 0) is 13.1 Å². The molecule has 0 aliphatic carbocycles. The van der Waals surface area contributed by atoms with Crippen molar-refractivity contribution in [2.75, 3.05) is 0 Å². The number of aromatic hydroxyl groups is 1. The van der Waals surface area contributed by atoms with Gasteiger partial charge in [-0.1, -0.05) is 36.4 Å². The van der Waals surface area contributed by atoms with Crippen molar-refractivity contribution in [3.8, 4) is 5.75 Å². The third kappa shape index (κ3) is 3.09. The molecule has 1 heterocycles. The number of aromatic nitrogens is 1. The normalized spacial score (nSPS) is 10.7. The topological polar surface area (TPSA) is 71.3 Å². The lowest BCUT2D eigenvalue weighted by Gasteiger charge is -2.14. The van der Waals surface area contributed by atoms with Crippen LogP contribution in [0.2, 0.25) is 0 Å². The molecule has 0 aliphatic heterocycles. The van der Waals surface area contributed by atoms with Crippen LogP contribution in [0, 0.1) is 5.82 Å². The van der Waals surface area contributed by atoms with Crippen LogP contribution in [0.4, 0.5) is 4.39 Å². The third-order valence-corrected chi connectivity index (χ3v) is 4.08. The number of para-hydroxylation sites is 1. The van der Waals surface area contributed by atoms with E-state index in [-0.39, 0.29) is 24.2 Å². The number of nitrogens with zero attached hydrogens (tertiary/aromatic N) is 1. The minimum absolute atomic E-state index is 0.0985. The molecule has 0 radical (unpaired) electrons. The first-order chi connectivity index (χ1) is 12.5. The second-order valence-corrected chi connectivity index (χ2v) is 5.72. The van der Waals surface area contributed by atoms with Crippen LogP contribution >= 0.6 is 0 Å². The Kier molecular flexibility index (Phi) is 4.84. The van der Waals surface area contributed by atoms with E-state index in [1.807, 2.05) is 0 Å². The van der Waals surface area contributed by atoms with Crippen molar-refractivity contribution < 1.29 is 14.3 Å². The number of hydrogen-bond donors (Lipinski definition) is 2. The molecule has 0 atom stereocenters. The molecule has 0 unspecified atom stereocenters. The zero-order valence-electron chi connectivity index (χ0n) is 13.9. The van der Waals surface area contributed by atoms with Gasteiger partial charge in [0.1, 0.15) is 17.1 Å². The number of halogens is 1. The fraction of sp³-hybridized carbons (Fsp3) is 0.100. The van der Waals surface area contributed by atoms with Gasteiger partial charge >= 0.3 is 0 Å². The van der Waals surface area contributed by atoms with E-state index in [1.165, 1.54) is 22.8 Å². The van der Waals surface area contributed by atoms with Crippen molar-refractivity contribution in [3.05, 3.63) is 88.5 Å². The Morgan fingerprint density at radius 1 is 1.19 bits per heavy atom. The van der Waals surface area contributed by atoms with E-state index in [1.54, 1.807) is 36.4 Å². The molecule has 0 spiro atoms. The van der Waals surface area contributed by atoms with Crippen molar-refractivity contribution in [1.82, 2.24) is 9.88 Å². The summed E-state index contributed by atoms with van der Waals surface area (Å²) in [5.41, 5.74) is -0.220. The Morgan fingerprint density at radius 2 is 1.88 bits per heavy atom. The lowest BCUT2D eigenvalue weighted by Crippen LogP contribution is -2.33. The van der Waals surface area contributed by atoms with Crippen LogP contribution in [0.3, 0.4) is 0 Å². The molecule has 0 saturated carbocycles. The fourth-order valence-corrected chi connectivity index (χ4v) is 2.81. The van der Waals surface area contributed by atoms with Crippen molar-refractivity contribution >= 4 is 16.8 Å². The van der Waals surface area contributed by atoms with Gasteiger partial charge in [-0.15, -0.1) is 6.58 Å². The molecule has 6 heteroatoms. The van der Waals surface area contributed by atoms with Crippen molar-refractivity contribution in [2.24, 2.45) is 0 Å². The number of amides is 1. The molecule has 1 amide bonds. The molecule has 132 valence electrons. The Balaban J connectivity index is 2.04. The van der Waals surface area contributed by atoms with Crippen LogP contribution in [0.5, 0.6) is 5.75 Å². The first kappa shape index (κ1) is 17.4.